The van der Waals surface area contributed by atoms with Gasteiger partial charge >= 0.3 is 11.8 Å². The van der Waals surface area contributed by atoms with Crippen molar-refractivity contribution in [1.29, 1.82) is 0 Å². The number of nitrogens with one attached hydrogen (secondary N) is 3. The molecule has 2 amide bonds. The number of carbonyl (C=O) groups excluding carboxylic acids is 2. The summed E-state index contributed by atoms with van der Waals surface area (Å²) in [5.74, 6) is -1.17. The summed E-state index contributed by atoms with van der Waals surface area (Å²) in [5.41, 5.74) is 4.56. The molecule has 1 saturated heterocycles. The van der Waals surface area contributed by atoms with Gasteiger partial charge < -0.3 is 20.5 Å². The van der Waals surface area contributed by atoms with Crippen LogP contribution < -0.4 is 10.6 Å². The zero-order valence-corrected chi connectivity index (χ0v) is 19.4. The van der Waals surface area contributed by atoms with E-state index in [1.54, 1.807) is 0 Å². The molecule has 0 aliphatic carbocycles. The minimum atomic E-state index is -0.587. The lowest BCUT2D eigenvalue weighted by Crippen LogP contribution is -2.49. The maximum absolute atomic E-state index is 12.5. The number of para-hydroxylation sites is 1. The molecule has 1 aliphatic heterocycles. The molecule has 3 N–H and O–H groups in total. The van der Waals surface area contributed by atoms with Crippen molar-refractivity contribution in [3.05, 3.63) is 71.4 Å². The van der Waals surface area contributed by atoms with E-state index in [9.17, 15) is 9.59 Å². The number of piperazine rings is 1. The van der Waals surface area contributed by atoms with Crippen molar-refractivity contribution < 1.29 is 9.59 Å². The molecule has 0 spiro atoms. The molecule has 3 aromatic rings. The van der Waals surface area contributed by atoms with Gasteiger partial charge in [-0.05, 0) is 37.6 Å². The maximum Gasteiger partial charge on any atom is 0.309 e. The Morgan fingerprint density at radius 1 is 0.970 bits per heavy atom. The summed E-state index contributed by atoms with van der Waals surface area (Å²) >= 11 is 0. The molecule has 7 nitrogen and oxygen atoms in total. The highest BCUT2D eigenvalue weighted by molar-refractivity contribution is 6.35. The van der Waals surface area contributed by atoms with Crippen LogP contribution in [0.5, 0.6) is 0 Å². The van der Waals surface area contributed by atoms with Crippen molar-refractivity contribution in [2.24, 2.45) is 0 Å². The van der Waals surface area contributed by atoms with Gasteiger partial charge in [-0.15, -0.1) is 0 Å². The number of aryl methyl sites for hydroxylation is 1. The van der Waals surface area contributed by atoms with Crippen molar-refractivity contribution in [2.45, 2.75) is 19.4 Å². The van der Waals surface area contributed by atoms with E-state index in [-0.39, 0.29) is 6.04 Å². The Labute approximate surface area is 195 Å². The van der Waals surface area contributed by atoms with E-state index >= 15 is 0 Å². The Morgan fingerprint density at radius 3 is 2.42 bits per heavy atom. The molecule has 174 valence electrons. The van der Waals surface area contributed by atoms with Crippen LogP contribution in [-0.2, 0) is 16.0 Å². The first kappa shape index (κ1) is 23.0. The van der Waals surface area contributed by atoms with Gasteiger partial charge in [0.25, 0.3) is 0 Å². The van der Waals surface area contributed by atoms with Gasteiger partial charge in [0.1, 0.15) is 0 Å². The van der Waals surface area contributed by atoms with E-state index in [1.807, 2.05) is 24.4 Å². The number of hydrogen-bond donors (Lipinski definition) is 3. The average Bonchev–Trinajstić information content (AvgIpc) is 3.24. The molecular formula is C26H33N5O2. The molecule has 33 heavy (non-hydrogen) atoms. The van der Waals surface area contributed by atoms with E-state index in [1.165, 1.54) is 5.56 Å². The summed E-state index contributed by atoms with van der Waals surface area (Å²) in [6.07, 6.45) is 2.62. The number of fused-ring (bicyclic) bond motifs is 1. The highest BCUT2D eigenvalue weighted by atomic mass is 16.2. The Balaban J connectivity index is 1.31. The standard InChI is InChI=1S/C26H33N5O2/c1-19-7-9-20(10-8-19)24(31-15-13-30(2)14-16-31)18-29-26(33)25(32)27-12-11-21-17-28-23-6-4-3-5-22(21)23/h3-10,17,24,28H,11-16,18H2,1-2H3,(H,27,32)(H,29,33)/t24-/m0/s1. The largest absolute Gasteiger partial charge is 0.361 e. The number of nitrogens with zero attached hydrogens (tertiary/aromatic N) is 2. The lowest BCUT2D eigenvalue weighted by molar-refractivity contribution is -0.139. The minimum Gasteiger partial charge on any atom is -0.361 e. The molecule has 2 heterocycles. The van der Waals surface area contributed by atoms with Crippen molar-refractivity contribution in [3.63, 3.8) is 0 Å². The summed E-state index contributed by atoms with van der Waals surface area (Å²) in [6.45, 7) is 6.73. The van der Waals surface area contributed by atoms with Gasteiger partial charge in [-0.3, -0.25) is 14.5 Å². The van der Waals surface area contributed by atoms with Crippen molar-refractivity contribution in [2.75, 3.05) is 46.3 Å². The zero-order valence-electron chi connectivity index (χ0n) is 19.4. The Kier molecular flexibility index (Phi) is 7.42. The van der Waals surface area contributed by atoms with Gasteiger partial charge in [-0.25, -0.2) is 0 Å². The average molecular weight is 448 g/mol. The van der Waals surface area contributed by atoms with Gasteiger partial charge in [-0.1, -0.05) is 48.0 Å². The highest BCUT2D eigenvalue weighted by Crippen LogP contribution is 2.22. The summed E-state index contributed by atoms with van der Waals surface area (Å²) in [7, 11) is 2.13. The van der Waals surface area contributed by atoms with Gasteiger partial charge in [0, 0.05) is 56.4 Å². The number of H-pyrrole nitrogens is 1. The molecular weight excluding hydrogens is 414 g/mol. The quantitative estimate of drug-likeness (QED) is 0.486. The molecule has 7 heteroatoms. The number of rotatable bonds is 7. The Bertz CT molecular complexity index is 1080. The SMILES string of the molecule is Cc1ccc([C@H](CNC(=O)C(=O)NCCc2c[nH]c3ccccc23)N2CCN(C)CC2)cc1. The van der Waals surface area contributed by atoms with Gasteiger partial charge in [0.2, 0.25) is 0 Å². The molecule has 1 aromatic heterocycles. The lowest BCUT2D eigenvalue weighted by Gasteiger charge is -2.38. The second-order valence-electron chi connectivity index (χ2n) is 8.84. The van der Waals surface area contributed by atoms with Crippen molar-refractivity contribution in [3.8, 4) is 0 Å². The lowest BCUT2D eigenvalue weighted by atomic mass is 10.0. The normalized spacial score (nSPS) is 15.9. The van der Waals surface area contributed by atoms with Crippen LogP contribution in [0, 0.1) is 6.92 Å². The molecule has 0 bridgehead atoms. The minimum absolute atomic E-state index is 0.0438. The molecule has 2 aromatic carbocycles. The Hall–Kier alpha value is -3.16. The summed E-state index contributed by atoms with van der Waals surface area (Å²) in [4.78, 5) is 32.8. The van der Waals surface area contributed by atoms with Crippen LogP contribution in [0.1, 0.15) is 22.7 Å². The van der Waals surface area contributed by atoms with Crippen LogP contribution in [0.2, 0.25) is 0 Å². The molecule has 1 aliphatic rings. The van der Waals surface area contributed by atoms with E-state index in [2.05, 4.69) is 69.7 Å². The van der Waals surface area contributed by atoms with Crippen molar-refractivity contribution >= 4 is 22.7 Å². The number of aromatic nitrogens is 1. The van der Waals surface area contributed by atoms with Crippen LogP contribution in [-0.4, -0.2) is 72.9 Å². The van der Waals surface area contributed by atoms with Crippen molar-refractivity contribution in [1.82, 2.24) is 25.4 Å². The number of benzene rings is 2. The number of carbonyl (C=O) groups is 2. The molecule has 0 saturated carbocycles. The number of amides is 2. The summed E-state index contributed by atoms with van der Waals surface area (Å²) < 4.78 is 0. The summed E-state index contributed by atoms with van der Waals surface area (Å²) in [6, 6.07) is 16.5. The first-order valence-electron chi connectivity index (χ1n) is 11.6. The number of aromatic amines is 1. The fourth-order valence-electron chi connectivity index (χ4n) is 4.38. The Morgan fingerprint density at radius 2 is 1.67 bits per heavy atom. The van der Waals surface area contributed by atoms with E-state index in [0.717, 1.165) is 48.2 Å². The predicted molar refractivity (Wildman–Crippen MR) is 131 cm³/mol. The van der Waals surface area contributed by atoms with Crippen LogP contribution in [0.3, 0.4) is 0 Å². The van der Waals surface area contributed by atoms with E-state index < -0.39 is 11.8 Å². The fourth-order valence-corrected chi connectivity index (χ4v) is 4.38. The maximum atomic E-state index is 12.5. The monoisotopic (exact) mass is 447 g/mol. The van der Waals surface area contributed by atoms with Crippen LogP contribution >= 0.6 is 0 Å². The van der Waals surface area contributed by atoms with Crippen LogP contribution in [0.25, 0.3) is 10.9 Å². The molecule has 0 radical (unpaired) electrons. The third-order valence-corrected chi connectivity index (χ3v) is 6.46. The predicted octanol–water partition coefficient (Wildman–Crippen LogP) is 2.24. The summed E-state index contributed by atoms with van der Waals surface area (Å²) in [5, 5.41) is 6.76. The number of likely N-dealkylation sites (N-methyl/N-ethyl adjacent to an activating group) is 1. The number of hydrogen-bond acceptors (Lipinski definition) is 4. The highest BCUT2D eigenvalue weighted by Gasteiger charge is 2.25. The van der Waals surface area contributed by atoms with Gasteiger partial charge in [0.15, 0.2) is 0 Å². The zero-order chi connectivity index (χ0) is 23.2. The smallest absolute Gasteiger partial charge is 0.309 e. The second kappa shape index (κ2) is 10.6. The topological polar surface area (TPSA) is 80.5 Å². The third kappa shape index (κ3) is 5.80. The molecule has 1 atom stereocenters. The third-order valence-electron chi connectivity index (χ3n) is 6.46. The first-order chi connectivity index (χ1) is 16.0. The van der Waals surface area contributed by atoms with Gasteiger partial charge in [-0.2, -0.15) is 0 Å². The first-order valence-corrected chi connectivity index (χ1v) is 11.6. The van der Waals surface area contributed by atoms with Gasteiger partial charge in [0.05, 0.1) is 6.04 Å². The van der Waals surface area contributed by atoms with Crippen LogP contribution in [0.4, 0.5) is 0 Å². The molecule has 0 unspecified atom stereocenters. The second-order valence-corrected chi connectivity index (χ2v) is 8.84. The van der Waals surface area contributed by atoms with E-state index in [0.29, 0.717) is 19.5 Å². The van der Waals surface area contributed by atoms with Crippen LogP contribution in [0.15, 0.2) is 54.7 Å². The molecule has 4 rings (SSSR count). The van der Waals surface area contributed by atoms with E-state index in [4.69, 9.17) is 0 Å². The molecule has 1 fully saturated rings. The fraction of sp³-hybridized carbons (Fsp3) is 0.385.